The molecule has 0 aliphatic carbocycles. The lowest BCUT2D eigenvalue weighted by molar-refractivity contribution is 0.386. The Hall–Kier alpha value is -3.72. The van der Waals surface area contributed by atoms with Crippen molar-refractivity contribution in [2.45, 2.75) is 18.2 Å². The molecule has 1 N–H and O–H groups in total. The normalized spacial score (nSPS) is 11.3. The van der Waals surface area contributed by atoms with E-state index in [4.69, 9.17) is 9.26 Å². The van der Waals surface area contributed by atoms with Crippen LogP contribution in [0.2, 0.25) is 0 Å². The predicted octanol–water partition coefficient (Wildman–Crippen LogP) is 3.84. The zero-order chi connectivity index (χ0) is 21.8. The van der Waals surface area contributed by atoms with Gasteiger partial charge in [0.05, 0.1) is 19.2 Å². The van der Waals surface area contributed by atoms with Crippen LogP contribution in [-0.4, -0.2) is 30.7 Å². The van der Waals surface area contributed by atoms with E-state index >= 15 is 0 Å². The van der Waals surface area contributed by atoms with Gasteiger partial charge in [-0.05, 0) is 48.4 Å². The molecule has 4 rings (SSSR count). The van der Waals surface area contributed by atoms with Crippen LogP contribution in [0.3, 0.4) is 0 Å². The van der Waals surface area contributed by atoms with Gasteiger partial charge in [0.1, 0.15) is 10.6 Å². The van der Waals surface area contributed by atoms with Crippen molar-refractivity contribution >= 4 is 15.7 Å². The number of methoxy groups -OCH3 is 1. The van der Waals surface area contributed by atoms with Crippen LogP contribution >= 0.6 is 0 Å². The number of hydrogen-bond acceptors (Lipinski definition) is 7. The molecule has 9 heteroatoms. The zero-order valence-electron chi connectivity index (χ0n) is 16.9. The highest BCUT2D eigenvalue weighted by atomic mass is 32.2. The van der Waals surface area contributed by atoms with Gasteiger partial charge in [-0.1, -0.05) is 29.4 Å². The maximum atomic E-state index is 13.1. The quantitative estimate of drug-likeness (QED) is 0.469. The fraction of sp³-hybridized carbons (Fsp3) is 0.136. The Morgan fingerprint density at radius 2 is 1.84 bits per heavy atom. The van der Waals surface area contributed by atoms with Crippen LogP contribution in [0, 0.1) is 6.92 Å². The van der Waals surface area contributed by atoms with Crippen molar-refractivity contribution in [1.82, 2.24) is 15.1 Å². The minimum atomic E-state index is -3.88. The number of benzene rings is 2. The van der Waals surface area contributed by atoms with Gasteiger partial charge in [-0.25, -0.2) is 8.42 Å². The third kappa shape index (κ3) is 4.56. The molecule has 4 aromatic rings. The fourth-order valence-electron chi connectivity index (χ4n) is 3.08. The van der Waals surface area contributed by atoms with Crippen LogP contribution in [-0.2, 0) is 16.4 Å². The highest BCUT2D eigenvalue weighted by Crippen LogP contribution is 2.28. The summed E-state index contributed by atoms with van der Waals surface area (Å²) >= 11 is 0. The number of rotatable bonds is 7. The molecule has 0 saturated carbocycles. The lowest BCUT2D eigenvalue weighted by Gasteiger charge is -2.14. The summed E-state index contributed by atoms with van der Waals surface area (Å²) in [7, 11) is -2.44. The van der Waals surface area contributed by atoms with E-state index in [2.05, 4.69) is 19.8 Å². The second kappa shape index (κ2) is 8.57. The standard InChI is InChI=1S/C22H20N4O4S/c1-15-7-8-19(29-2)20(13-15)31(27,28)26-18-6-4-3-5-17(18)14-21-24-22(25-30-21)16-9-11-23-12-10-16/h3-13,26H,14H2,1-2H3. The highest BCUT2D eigenvalue weighted by Gasteiger charge is 2.21. The second-order valence-corrected chi connectivity index (χ2v) is 8.49. The molecular formula is C22H20N4O4S. The first kappa shape index (κ1) is 20.5. The lowest BCUT2D eigenvalue weighted by Crippen LogP contribution is -2.15. The van der Waals surface area contributed by atoms with Crippen LogP contribution in [0.4, 0.5) is 5.69 Å². The first-order chi connectivity index (χ1) is 15.0. The van der Waals surface area contributed by atoms with Crippen molar-refractivity contribution in [3.05, 3.63) is 84.0 Å². The van der Waals surface area contributed by atoms with Gasteiger partial charge in [0.2, 0.25) is 11.7 Å². The zero-order valence-corrected chi connectivity index (χ0v) is 17.8. The summed E-state index contributed by atoms with van der Waals surface area (Å²) in [5, 5.41) is 4.00. The number of hydrogen-bond donors (Lipinski definition) is 1. The van der Waals surface area contributed by atoms with Gasteiger partial charge in [0.25, 0.3) is 10.0 Å². The smallest absolute Gasteiger partial charge is 0.265 e. The Morgan fingerprint density at radius 3 is 2.61 bits per heavy atom. The molecule has 0 radical (unpaired) electrons. The monoisotopic (exact) mass is 436 g/mol. The number of nitrogens with one attached hydrogen (secondary N) is 1. The van der Waals surface area contributed by atoms with Crippen LogP contribution in [0.25, 0.3) is 11.4 Å². The second-order valence-electron chi connectivity index (χ2n) is 6.84. The Kier molecular flexibility index (Phi) is 5.68. The SMILES string of the molecule is COc1ccc(C)cc1S(=O)(=O)Nc1ccccc1Cc1nc(-c2ccncc2)no1. The summed E-state index contributed by atoms with van der Waals surface area (Å²) in [6, 6.07) is 15.6. The van der Waals surface area contributed by atoms with Gasteiger partial charge in [-0.3, -0.25) is 9.71 Å². The molecule has 0 aliphatic heterocycles. The van der Waals surface area contributed by atoms with E-state index in [-0.39, 0.29) is 17.1 Å². The van der Waals surface area contributed by atoms with E-state index in [1.54, 1.807) is 54.9 Å². The minimum absolute atomic E-state index is 0.0718. The first-order valence-corrected chi connectivity index (χ1v) is 10.9. The first-order valence-electron chi connectivity index (χ1n) is 9.44. The van der Waals surface area contributed by atoms with E-state index < -0.39 is 10.0 Å². The van der Waals surface area contributed by atoms with Gasteiger partial charge in [-0.2, -0.15) is 4.98 Å². The molecule has 2 aromatic carbocycles. The summed E-state index contributed by atoms with van der Waals surface area (Å²) in [6.07, 6.45) is 3.56. The largest absolute Gasteiger partial charge is 0.495 e. The van der Waals surface area contributed by atoms with Crippen LogP contribution < -0.4 is 9.46 Å². The number of ether oxygens (including phenoxy) is 1. The molecule has 0 amide bonds. The van der Waals surface area contributed by atoms with Crippen molar-refractivity contribution in [3.63, 3.8) is 0 Å². The molecule has 0 atom stereocenters. The summed E-state index contributed by atoms with van der Waals surface area (Å²) < 4.78 is 39.4. The lowest BCUT2D eigenvalue weighted by atomic mass is 10.1. The van der Waals surface area contributed by atoms with Crippen molar-refractivity contribution in [1.29, 1.82) is 0 Å². The van der Waals surface area contributed by atoms with Crippen LogP contribution in [0.5, 0.6) is 5.75 Å². The van der Waals surface area contributed by atoms with Crippen LogP contribution in [0.1, 0.15) is 17.0 Å². The van der Waals surface area contributed by atoms with Crippen molar-refractivity contribution in [3.8, 4) is 17.1 Å². The third-order valence-electron chi connectivity index (χ3n) is 4.62. The predicted molar refractivity (Wildman–Crippen MR) is 115 cm³/mol. The average molecular weight is 436 g/mol. The van der Waals surface area contributed by atoms with Gasteiger partial charge in [0.15, 0.2) is 0 Å². The maximum absolute atomic E-state index is 13.1. The van der Waals surface area contributed by atoms with Crippen molar-refractivity contribution in [2.24, 2.45) is 0 Å². The van der Waals surface area contributed by atoms with Gasteiger partial charge in [0, 0.05) is 18.0 Å². The molecule has 0 aliphatic rings. The summed E-state index contributed by atoms with van der Waals surface area (Å²) in [5.41, 5.74) is 2.71. The average Bonchev–Trinajstić information content (AvgIpc) is 3.24. The summed E-state index contributed by atoms with van der Waals surface area (Å²) in [5.74, 6) is 1.08. The molecule has 2 heterocycles. The molecular weight excluding hydrogens is 416 g/mol. The highest BCUT2D eigenvalue weighted by molar-refractivity contribution is 7.92. The molecule has 0 spiro atoms. The Labute approximate surface area is 180 Å². The minimum Gasteiger partial charge on any atom is -0.495 e. The van der Waals surface area contributed by atoms with Crippen LogP contribution in [0.15, 0.2) is 76.4 Å². The molecule has 2 aromatic heterocycles. The van der Waals surface area contributed by atoms with Crippen molar-refractivity contribution in [2.75, 3.05) is 11.8 Å². The molecule has 0 bridgehead atoms. The number of aryl methyl sites for hydroxylation is 1. The number of aromatic nitrogens is 3. The van der Waals surface area contributed by atoms with Gasteiger partial charge in [-0.15, -0.1) is 0 Å². The number of para-hydroxylation sites is 1. The molecule has 158 valence electrons. The molecule has 0 unspecified atom stereocenters. The molecule has 31 heavy (non-hydrogen) atoms. The molecule has 8 nitrogen and oxygen atoms in total. The Balaban J connectivity index is 1.61. The Bertz CT molecular complexity index is 1300. The van der Waals surface area contributed by atoms with E-state index in [1.165, 1.54) is 7.11 Å². The molecule has 0 saturated heterocycles. The molecule has 0 fully saturated rings. The number of sulfonamides is 1. The van der Waals surface area contributed by atoms with Gasteiger partial charge < -0.3 is 9.26 Å². The summed E-state index contributed by atoms with van der Waals surface area (Å²) in [6.45, 7) is 1.82. The number of anilines is 1. The van der Waals surface area contributed by atoms with E-state index in [0.29, 0.717) is 23.0 Å². The van der Waals surface area contributed by atoms with E-state index in [1.807, 2.05) is 19.1 Å². The van der Waals surface area contributed by atoms with E-state index in [9.17, 15) is 8.42 Å². The topological polar surface area (TPSA) is 107 Å². The third-order valence-corrected chi connectivity index (χ3v) is 6.01. The Morgan fingerprint density at radius 1 is 1.06 bits per heavy atom. The van der Waals surface area contributed by atoms with E-state index in [0.717, 1.165) is 11.1 Å². The number of nitrogens with zero attached hydrogens (tertiary/aromatic N) is 3. The van der Waals surface area contributed by atoms with Crippen molar-refractivity contribution < 1.29 is 17.7 Å². The van der Waals surface area contributed by atoms with Gasteiger partial charge >= 0.3 is 0 Å². The summed E-state index contributed by atoms with van der Waals surface area (Å²) in [4.78, 5) is 8.45. The fourth-order valence-corrected chi connectivity index (χ4v) is 4.43. The number of pyridine rings is 1. The maximum Gasteiger partial charge on any atom is 0.265 e.